The molecule has 12 heteroatoms. The summed E-state index contributed by atoms with van der Waals surface area (Å²) in [6.07, 6.45) is 2.79. The molecule has 0 aliphatic carbocycles. The van der Waals surface area contributed by atoms with E-state index in [0.717, 1.165) is 12.1 Å². The lowest BCUT2D eigenvalue weighted by molar-refractivity contribution is 0.0730. The second-order valence-electron chi connectivity index (χ2n) is 7.73. The molecule has 186 valence electrons. The molecule has 36 heavy (non-hydrogen) atoms. The lowest BCUT2D eigenvalue weighted by Gasteiger charge is -2.26. The van der Waals surface area contributed by atoms with Crippen molar-refractivity contribution in [3.63, 3.8) is 0 Å². The van der Waals surface area contributed by atoms with E-state index in [-0.39, 0.29) is 10.5 Å². The summed E-state index contributed by atoms with van der Waals surface area (Å²) in [4.78, 5) is 5.20. The average Bonchev–Trinajstić information content (AvgIpc) is 3.55. The zero-order valence-electron chi connectivity index (χ0n) is 18.8. The van der Waals surface area contributed by atoms with Gasteiger partial charge in [-0.3, -0.25) is 0 Å². The predicted octanol–water partition coefficient (Wildman–Crippen LogP) is 4.22. The van der Waals surface area contributed by atoms with Crippen LogP contribution in [0.2, 0.25) is 0 Å². The Morgan fingerprint density at radius 2 is 1.81 bits per heavy atom. The third-order valence-corrected chi connectivity index (χ3v) is 8.13. The van der Waals surface area contributed by atoms with E-state index in [9.17, 15) is 17.2 Å². The summed E-state index contributed by atoms with van der Waals surface area (Å²) in [7, 11) is -3.62. The number of thiazole rings is 1. The molecule has 1 saturated heterocycles. The molecule has 2 aromatic heterocycles. The summed E-state index contributed by atoms with van der Waals surface area (Å²) in [5, 5.41) is 6.15. The first-order valence-corrected chi connectivity index (χ1v) is 13.2. The zero-order valence-corrected chi connectivity index (χ0v) is 20.4. The molecule has 0 unspecified atom stereocenters. The van der Waals surface area contributed by atoms with E-state index < -0.39 is 21.7 Å². The highest BCUT2D eigenvalue weighted by molar-refractivity contribution is 7.89. The van der Waals surface area contributed by atoms with E-state index >= 15 is 0 Å². The molecule has 2 aromatic carbocycles. The molecule has 5 rings (SSSR count). The summed E-state index contributed by atoms with van der Waals surface area (Å²) < 4.78 is 66.7. The quantitative estimate of drug-likeness (QED) is 0.349. The van der Waals surface area contributed by atoms with Gasteiger partial charge in [-0.25, -0.2) is 26.9 Å². The highest BCUT2D eigenvalue weighted by Gasteiger charge is 2.26. The van der Waals surface area contributed by atoms with Crippen LogP contribution in [0.1, 0.15) is 5.56 Å². The predicted molar refractivity (Wildman–Crippen MR) is 131 cm³/mol. The van der Waals surface area contributed by atoms with Crippen LogP contribution in [0.25, 0.3) is 11.5 Å². The molecule has 0 saturated carbocycles. The first-order chi connectivity index (χ1) is 17.4. The number of hydrogen-bond donors (Lipinski definition) is 0. The van der Waals surface area contributed by atoms with Crippen molar-refractivity contribution in [2.75, 3.05) is 26.3 Å². The molecule has 0 bridgehead atoms. The Balaban J connectivity index is 1.50. The Kier molecular flexibility index (Phi) is 6.92. The van der Waals surface area contributed by atoms with Crippen molar-refractivity contribution >= 4 is 33.3 Å². The Bertz CT molecular complexity index is 1550. The maximum atomic E-state index is 14.1. The smallest absolute Gasteiger partial charge is 0.243 e. The van der Waals surface area contributed by atoms with Gasteiger partial charge in [-0.05, 0) is 48.5 Å². The molecule has 0 amide bonds. The van der Waals surface area contributed by atoms with Crippen LogP contribution in [-0.4, -0.2) is 49.9 Å². The number of rotatable bonds is 6. The Morgan fingerprint density at radius 3 is 2.50 bits per heavy atom. The van der Waals surface area contributed by atoms with Crippen molar-refractivity contribution in [1.82, 2.24) is 8.98 Å². The monoisotopic (exact) mass is 530 g/mol. The van der Waals surface area contributed by atoms with Crippen molar-refractivity contribution in [2.24, 2.45) is 10.1 Å². The van der Waals surface area contributed by atoms with Crippen LogP contribution in [0.3, 0.4) is 0 Å². The summed E-state index contributed by atoms with van der Waals surface area (Å²) in [5.41, 5.74) is 1.18. The SMILES string of the molecule is O=S(=O)(c1ccc(N=c2scc(-c3ccco3)n2N=Cc2ccc(F)cc2F)cc1)N1CCOCC1. The molecule has 1 fully saturated rings. The molecule has 0 radical (unpaired) electrons. The van der Waals surface area contributed by atoms with Gasteiger partial charge in [-0.15, -0.1) is 11.3 Å². The van der Waals surface area contributed by atoms with Crippen LogP contribution in [-0.2, 0) is 14.8 Å². The molecular formula is C24H20F2N4O4S2. The highest BCUT2D eigenvalue weighted by atomic mass is 32.2. The molecule has 8 nitrogen and oxygen atoms in total. The zero-order chi connectivity index (χ0) is 25.1. The molecule has 1 aliphatic heterocycles. The molecule has 0 atom stereocenters. The standard InChI is InChI=1S/C24H20F2N4O4S2/c25-18-4-3-17(21(26)14-18)15-27-30-22(23-2-1-11-34-23)16-35-24(30)28-19-5-7-20(8-6-19)36(31,32)29-9-12-33-13-10-29/h1-8,11,14-16H,9-10,12-13H2. The number of morpholine rings is 1. The summed E-state index contributed by atoms with van der Waals surface area (Å²) >= 11 is 1.27. The van der Waals surface area contributed by atoms with E-state index in [1.54, 1.807) is 29.6 Å². The first kappa shape index (κ1) is 24.3. The number of hydrogen-bond acceptors (Lipinski definition) is 7. The third-order valence-electron chi connectivity index (χ3n) is 5.40. The van der Waals surface area contributed by atoms with Gasteiger partial charge in [0.2, 0.25) is 14.8 Å². The maximum Gasteiger partial charge on any atom is 0.243 e. The van der Waals surface area contributed by atoms with Gasteiger partial charge in [0.1, 0.15) is 17.3 Å². The van der Waals surface area contributed by atoms with E-state index in [0.29, 0.717) is 48.2 Å². The van der Waals surface area contributed by atoms with Crippen LogP contribution in [0.4, 0.5) is 14.5 Å². The number of sulfonamides is 1. The number of aromatic nitrogens is 1. The van der Waals surface area contributed by atoms with Crippen molar-refractivity contribution in [1.29, 1.82) is 0 Å². The van der Waals surface area contributed by atoms with Gasteiger partial charge in [0.05, 0.1) is 36.3 Å². The van der Waals surface area contributed by atoms with Gasteiger partial charge in [0.25, 0.3) is 0 Å². The van der Waals surface area contributed by atoms with Gasteiger partial charge >= 0.3 is 0 Å². The molecule has 4 aromatic rings. The van der Waals surface area contributed by atoms with E-state index in [4.69, 9.17) is 9.15 Å². The molecule has 0 spiro atoms. The molecule has 0 N–H and O–H groups in total. The van der Waals surface area contributed by atoms with Crippen LogP contribution in [0.15, 0.2) is 85.6 Å². The maximum absolute atomic E-state index is 14.1. The van der Waals surface area contributed by atoms with Gasteiger partial charge in [0.15, 0.2) is 5.76 Å². The number of ether oxygens (including phenoxy) is 1. The van der Waals surface area contributed by atoms with Gasteiger partial charge < -0.3 is 9.15 Å². The molecular weight excluding hydrogens is 510 g/mol. The number of benzene rings is 2. The minimum atomic E-state index is -3.62. The minimum Gasteiger partial charge on any atom is -0.463 e. The van der Waals surface area contributed by atoms with E-state index in [2.05, 4.69) is 10.1 Å². The third kappa shape index (κ3) is 5.07. The van der Waals surface area contributed by atoms with Crippen molar-refractivity contribution in [3.8, 4) is 11.5 Å². The fourth-order valence-corrected chi connectivity index (χ4v) is 5.79. The number of halogens is 2. The summed E-state index contributed by atoms with van der Waals surface area (Å²) in [6.45, 7) is 1.36. The number of nitrogens with zero attached hydrogens (tertiary/aromatic N) is 4. The minimum absolute atomic E-state index is 0.101. The fourth-order valence-electron chi connectivity index (χ4n) is 3.55. The van der Waals surface area contributed by atoms with E-state index in [1.165, 1.54) is 51.0 Å². The summed E-state index contributed by atoms with van der Waals surface area (Å²) in [5.74, 6) is -0.903. The lowest BCUT2D eigenvalue weighted by Crippen LogP contribution is -2.40. The average molecular weight is 531 g/mol. The summed E-state index contributed by atoms with van der Waals surface area (Å²) in [6, 6.07) is 12.9. The molecule has 3 heterocycles. The number of furan rings is 1. The Labute approximate surface area is 209 Å². The van der Waals surface area contributed by atoms with Crippen LogP contribution < -0.4 is 4.80 Å². The van der Waals surface area contributed by atoms with Crippen molar-refractivity contribution in [2.45, 2.75) is 4.90 Å². The van der Waals surface area contributed by atoms with Gasteiger partial charge in [-0.1, -0.05) is 0 Å². The van der Waals surface area contributed by atoms with Gasteiger partial charge in [-0.2, -0.15) is 9.41 Å². The second-order valence-corrected chi connectivity index (χ2v) is 10.5. The Hall–Kier alpha value is -3.45. The first-order valence-electron chi connectivity index (χ1n) is 10.9. The second kappa shape index (κ2) is 10.3. The van der Waals surface area contributed by atoms with Crippen LogP contribution in [0.5, 0.6) is 0 Å². The van der Waals surface area contributed by atoms with Gasteiger partial charge in [0, 0.05) is 30.1 Å². The lowest BCUT2D eigenvalue weighted by atomic mass is 10.2. The molecule has 1 aliphatic rings. The Morgan fingerprint density at radius 1 is 1.03 bits per heavy atom. The van der Waals surface area contributed by atoms with Crippen molar-refractivity contribution < 1.29 is 26.4 Å². The largest absolute Gasteiger partial charge is 0.463 e. The van der Waals surface area contributed by atoms with E-state index in [1.807, 2.05) is 0 Å². The van der Waals surface area contributed by atoms with Crippen LogP contribution in [0, 0.1) is 11.6 Å². The normalized spacial score (nSPS) is 15.7. The fraction of sp³-hybridized carbons (Fsp3) is 0.167. The van der Waals surface area contributed by atoms with Crippen molar-refractivity contribution in [3.05, 3.63) is 88.2 Å². The topological polar surface area (TPSA) is 89.4 Å². The van der Waals surface area contributed by atoms with Crippen LogP contribution >= 0.6 is 11.3 Å². The highest BCUT2D eigenvalue weighted by Crippen LogP contribution is 2.23.